The van der Waals surface area contributed by atoms with Gasteiger partial charge in [0.15, 0.2) is 15.9 Å². The molecule has 2 heterocycles. The van der Waals surface area contributed by atoms with Crippen molar-refractivity contribution in [2.75, 3.05) is 24.6 Å². The smallest absolute Gasteiger partial charge is 0.338 e. The molecule has 0 saturated carbocycles. The molecule has 0 bridgehead atoms. The first-order chi connectivity index (χ1) is 14.6. The highest BCUT2D eigenvalue weighted by atomic mass is 32.2. The number of amides is 3. The Morgan fingerprint density at radius 1 is 1.29 bits per heavy atom. The van der Waals surface area contributed by atoms with Crippen LogP contribution < -0.4 is 0 Å². The van der Waals surface area contributed by atoms with Gasteiger partial charge in [0.1, 0.15) is 0 Å². The van der Waals surface area contributed by atoms with Crippen molar-refractivity contribution in [3.8, 4) is 0 Å². The quantitative estimate of drug-likeness (QED) is 0.347. The lowest BCUT2D eigenvalue weighted by Gasteiger charge is -2.29. The molecule has 9 nitrogen and oxygen atoms in total. The average molecular weight is 448 g/mol. The summed E-state index contributed by atoms with van der Waals surface area (Å²) < 4.78 is 28.8. The Kier molecular flexibility index (Phi) is 6.30. The van der Waals surface area contributed by atoms with Gasteiger partial charge < -0.3 is 9.64 Å². The lowest BCUT2D eigenvalue weighted by Crippen LogP contribution is -2.46. The van der Waals surface area contributed by atoms with Crippen LogP contribution in [0.3, 0.4) is 0 Å². The van der Waals surface area contributed by atoms with Crippen molar-refractivity contribution in [2.24, 2.45) is 0 Å². The SMILES string of the molecule is C=CCN1C(=O)c2ccc(C(=O)O[C@@H](C)C(=O)N(CC)[C@H]3CCS(=O)(=O)C3)cc2C1=O. The molecular formula is C21H24N2O7S. The maximum atomic E-state index is 12.8. The number of imide groups is 1. The zero-order chi connectivity index (χ0) is 22.9. The molecular weight excluding hydrogens is 424 g/mol. The molecule has 1 aromatic carbocycles. The van der Waals surface area contributed by atoms with E-state index < -0.39 is 45.7 Å². The molecule has 1 fully saturated rings. The van der Waals surface area contributed by atoms with Gasteiger partial charge in [0.25, 0.3) is 17.7 Å². The van der Waals surface area contributed by atoms with Crippen LogP contribution in [0.15, 0.2) is 30.9 Å². The number of esters is 1. The minimum Gasteiger partial charge on any atom is -0.449 e. The van der Waals surface area contributed by atoms with Gasteiger partial charge in [0.05, 0.1) is 28.2 Å². The fourth-order valence-electron chi connectivity index (χ4n) is 3.84. The molecule has 31 heavy (non-hydrogen) atoms. The Balaban J connectivity index is 1.72. The molecule has 2 aliphatic heterocycles. The molecule has 3 amide bonds. The van der Waals surface area contributed by atoms with Gasteiger partial charge in [0, 0.05) is 19.1 Å². The van der Waals surface area contributed by atoms with Crippen LogP contribution in [0.4, 0.5) is 0 Å². The Morgan fingerprint density at radius 3 is 2.55 bits per heavy atom. The second-order valence-corrected chi connectivity index (χ2v) is 9.73. The van der Waals surface area contributed by atoms with Gasteiger partial charge in [-0.05, 0) is 38.5 Å². The van der Waals surface area contributed by atoms with Gasteiger partial charge in [0.2, 0.25) is 0 Å². The molecule has 0 radical (unpaired) electrons. The van der Waals surface area contributed by atoms with E-state index in [-0.39, 0.29) is 41.3 Å². The number of hydrogen-bond donors (Lipinski definition) is 0. The van der Waals surface area contributed by atoms with Crippen LogP contribution in [0.2, 0.25) is 0 Å². The molecule has 0 spiro atoms. The Hall–Kier alpha value is -3.01. The molecule has 0 aliphatic carbocycles. The number of fused-ring (bicyclic) bond motifs is 1. The van der Waals surface area contributed by atoms with Crippen molar-refractivity contribution in [2.45, 2.75) is 32.4 Å². The molecule has 0 N–H and O–H groups in total. The number of sulfone groups is 1. The van der Waals surface area contributed by atoms with Crippen molar-refractivity contribution in [1.82, 2.24) is 9.80 Å². The zero-order valence-electron chi connectivity index (χ0n) is 17.4. The van der Waals surface area contributed by atoms with Crippen molar-refractivity contribution in [3.05, 3.63) is 47.5 Å². The van der Waals surface area contributed by atoms with Gasteiger partial charge in [-0.15, -0.1) is 6.58 Å². The molecule has 2 atom stereocenters. The summed E-state index contributed by atoms with van der Waals surface area (Å²) in [6.45, 7) is 7.01. The number of likely N-dealkylation sites (N-methyl/N-ethyl adjacent to an activating group) is 1. The third-order valence-electron chi connectivity index (χ3n) is 5.42. The summed E-state index contributed by atoms with van der Waals surface area (Å²) in [4.78, 5) is 52.5. The predicted octanol–water partition coefficient (Wildman–Crippen LogP) is 1.05. The van der Waals surface area contributed by atoms with E-state index in [1.807, 2.05) is 0 Å². The fourth-order valence-corrected chi connectivity index (χ4v) is 5.57. The van der Waals surface area contributed by atoms with Crippen LogP contribution in [-0.4, -0.2) is 78.6 Å². The van der Waals surface area contributed by atoms with E-state index >= 15 is 0 Å². The molecule has 0 unspecified atom stereocenters. The van der Waals surface area contributed by atoms with Crippen molar-refractivity contribution in [3.63, 3.8) is 0 Å². The van der Waals surface area contributed by atoms with Crippen molar-refractivity contribution < 1.29 is 32.3 Å². The minimum atomic E-state index is -3.17. The van der Waals surface area contributed by atoms with Crippen LogP contribution in [0.5, 0.6) is 0 Å². The average Bonchev–Trinajstić information content (AvgIpc) is 3.20. The summed E-state index contributed by atoms with van der Waals surface area (Å²) in [5, 5.41) is 0. The molecule has 3 rings (SSSR count). The van der Waals surface area contributed by atoms with E-state index in [9.17, 15) is 27.6 Å². The third kappa shape index (κ3) is 4.39. The summed E-state index contributed by atoms with van der Waals surface area (Å²) in [5.41, 5.74) is 0.310. The van der Waals surface area contributed by atoms with Gasteiger partial charge in [-0.1, -0.05) is 6.08 Å². The molecule has 166 valence electrons. The second-order valence-electron chi connectivity index (χ2n) is 7.50. The van der Waals surface area contributed by atoms with Crippen LogP contribution in [0.25, 0.3) is 0 Å². The predicted molar refractivity (Wildman–Crippen MR) is 111 cm³/mol. The molecule has 1 aromatic rings. The van der Waals surface area contributed by atoms with Gasteiger partial charge in [-0.25, -0.2) is 13.2 Å². The Labute approximate surface area is 180 Å². The molecule has 2 aliphatic rings. The number of carbonyl (C=O) groups is 4. The summed E-state index contributed by atoms with van der Waals surface area (Å²) in [6.07, 6.45) is 0.642. The lowest BCUT2D eigenvalue weighted by atomic mass is 10.1. The van der Waals surface area contributed by atoms with Gasteiger partial charge >= 0.3 is 5.97 Å². The van der Waals surface area contributed by atoms with E-state index in [1.54, 1.807) is 6.92 Å². The number of hydrogen-bond acceptors (Lipinski definition) is 7. The van der Waals surface area contributed by atoms with E-state index in [4.69, 9.17) is 4.74 Å². The maximum Gasteiger partial charge on any atom is 0.338 e. The van der Waals surface area contributed by atoms with E-state index in [0.29, 0.717) is 6.42 Å². The van der Waals surface area contributed by atoms with Crippen LogP contribution in [0, 0.1) is 0 Å². The normalized spacial score (nSPS) is 20.3. The van der Waals surface area contributed by atoms with E-state index in [2.05, 4.69) is 6.58 Å². The lowest BCUT2D eigenvalue weighted by molar-refractivity contribution is -0.141. The number of nitrogens with zero attached hydrogens (tertiary/aromatic N) is 2. The van der Waals surface area contributed by atoms with Crippen molar-refractivity contribution >= 4 is 33.5 Å². The number of rotatable bonds is 7. The molecule has 10 heteroatoms. The first kappa shape index (κ1) is 22.7. The molecule has 0 aromatic heterocycles. The van der Waals surface area contributed by atoms with E-state index in [1.165, 1.54) is 36.1 Å². The maximum absolute atomic E-state index is 12.8. The van der Waals surface area contributed by atoms with Crippen LogP contribution in [0.1, 0.15) is 51.3 Å². The number of carbonyl (C=O) groups excluding carboxylic acids is 4. The van der Waals surface area contributed by atoms with Gasteiger partial charge in [-0.2, -0.15) is 0 Å². The summed E-state index contributed by atoms with van der Waals surface area (Å²) in [7, 11) is -3.17. The highest BCUT2D eigenvalue weighted by molar-refractivity contribution is 7.91. The van der Waals surface area contributed by atoms with Crippen molar-refractivity contribution in [1.29, 1.82) is 0 Å². The highest BCUT2D eigenvalue weighted by Gasteiger charge is 2.37. The highest BCUT2D eigenvalue weighted by Crippen LogP contribution is 2.25. The summed E-state index contributed by atoms with van der Waals surface area (Å²) in [6, 6.07) is 3.58. The zero-order valence-corrected chi connectivity index (χ0v) is 18.2. The van der Waals surface area contributed by atoms with Gasteiger partial charge in [-0.3, -0.25) is 19.3 Å². The number of ether oxygens (including phenoxy) is 1. The van der Waals surface area contributed by atoms with E-state index in [0.717, 1.165) is 4.90 Å². The Bertz CT molecular complexity index is 1060. The topological polar surface area (TPSA) is 118 Å². The molecule has 1 saturated heterocycles. The largest absolute Gasteiger partial charge is 0.449 e. The Morgan fingerprint density at radius 2 is 1.97 bits per heavy atom. The monoisotopic (exact) mass is 448 g/mol. The fraction of sp³-hybridized carbons (Fsp3) is 0.429. The minimum absolute atomic E-state index is 0.0281. The summed E-state index contributed by atoms with van der Waals surface area (Å²) >= 11 is 0. The second kappa shape index (κ2) is 8.62. The van der Waals surface area contributed by atoms with Crippen LogP contribution >= 0.6 is 0 Å². The summed E-state index contributed by atoms with van der Waals surface area (Å²) in [5.74, 6) is -2.37. The van der Waals surface area contributed by atoms with Crippen LogP contribution in [-0.2, 0) is 19.4 Å². The first-order valence-corrected chi connectivity index (χ1v) is 11.7. The number of benzene rings is 1. The third-order valence-corrected chi connectivity index (χ3v) is 7.17. The first-order valence-electron chi connectivity index (χ1n) is 9.92. The standard InChI is InChI=1S/C21H24N2O7S/c1-4-9-23-19(25)16-7-6-14(11-17(16)20(23)26)21(27)30-13(3)18(24)22(5-2)15-8-10-31(28,29)12-15/h4,6-7,11,13,15H,1,5,8-10,12H2,2-3H3/t13-,15-/m0/s1.